The number of benzene rings is 1. The number of rotatable bonds is 8. The molecule has 3 rings (SSSR count). The topological polar surface area (TPSA) is 135 Å². The molecular weight excluding hydrogens is 499 g/mol. The lowest BCUT2D eigenvalue weighted by Crippen LogP contribution is -2.54. The number of likely N-dealkylation sites (tertiary alicyclic amines) is 1. The number of nitrogens with zero attached hydrogens (tertiary/aromatic N) is 3. The Morgan fingerprint density at radius 3 is 2.49 bits per heavy atom. The third-order valence-corrected chi connectivity index (χ3v) is 7.21. The molecule has 0 unspecified atom stereocenters. The lowest BCUT2D eigenvalue weighted by molar-refractivity contribution is -0.128. The minimum atomic E-state index is -1.61. The van der Waals surface area contributed by atoms with E-state index in [2.05, 4.69) is 16.3 Å². The van der Waals surface area contributed by atoms with Gasteiger partial charge in [-0.15, -0.1) is 0 Å². The summed E-state index contributed by atoms with van der Waals surface area (Å²) in [5.74, 6) is -0.374. The van der Waals surface area contributed by atoms with E-state index in [0.717, 1.165) is 18.4 Å². The highest BCUT2D eigenvalue weighted by Gasteiger charge is 2.34. The zero-order chi connectivity index (χ0) is 28.6. The van der Waals surface area contributed by atoms with Crippen LogP contribution in [0.25, 0.3) is 0 Å². The Morgan fingerprint density at radius 1 is 1.21 bits per heavy atom. The number of hydrogen-bond acceptors (Lipinski definition) is 8. The predicted octanol–water partition coefficient (Wildman–Crippen LogP) is 2.65. The molecule has 0 aromatic heterocycles. The van der Waals surface area contributed by atoms with Crippen molar-refractivity contribution >= 4 is 19.1 Å². The molecule has 0 spiro atoms. The van der Waals surface area contributed by atoms with Gasteiger partial charge in [-0.1, -0.05) is 30.3 Å². The molecule has 0 saturated carbocycles. The zero-order valence-electron chi connectivity index (χ0n) is 23.4. The van der Waals surface area contributed by atoms with Gasteiger partial charge in [-0.05, 0) is 58.6 Å². The van der Waals surface area contributed by atoms with Crippen LogP contribution in [0.15, 0.2) is 42.0 Å². The van der Waals surface area contributed by atoms with Gasteiger partial charge in [0.05, 0.1) is 24.8 Å². The lowest BCUT2D eigenvalue weighted by atomic mass is 9.79. The van der Waals surface area contributed by atoms with Crippen LogP contribution in [0.4, 0.5) is 4.79 Å². The molecule has 3 N–H and O–H groups in total. The van der Waals surface area contributed by atoms with Gasteiger partial charge in [0.15, 0.2) is 0 Å². The maximum Gasteiger partial charge on any atom is 0.453 e. The minimum Gasteiger partial charge on any atom is -0.444 e. The van der Waals surface area contributed by atoms with Gasteiger partial charge in [0, 0.05) is 31.5 Å². The van der Waals surface area contributed by atoms with E-state index in [9.17, 15) is 24.9 Å². The van der Waals surface area contributed by atoms with E-state index in [-0.39, 0.29) is 36.6 Å². The summed E-state index contributed by atoms with van der Waals surface area (Å²) in [4.78, 5) is 30.1. The van der Waals surface area contributed by atoms with Crippen LogP contribution in [0.1, 0.15) is 58.6 Å². The van der Waals surface area contributed by atoms with E-state index in [0.29, 0.717) is 26.1 Å². The second-order valence-electron chi connectivity index (χ2n) is 11.1. The zero-order valence-corrected chi connectivity index (χ0v) is 23.4. The van der Waals surface area contributed by atoms with Crippen LogP contribution >= 0.6 is 0 Å². The summed E-state index contributed by atoms with van der Waals surface area (Å²) in [6.45, 7) is 10.1. The van der Waals surface area contributed by atoms with Crippen molar-refractivity contribution in [1.82, 2.24) is 15.1 Å². The van der Waals surface area contributed by atoms with E-state index >= 15 is 0 Å². The molecule has 11 heteroatoms. The number of carbonyl (C=O) groups is 2. The van der Waals surface area contributed by atoms with Crippen LogP contribution in [0, 0.1) is 11.3 Å². The molecule has 2 saturated heterocycles. The van der Waals surface area contributed by atoms with E-state index < -0.39 is 30.9 Å². The van der Waals surface area contributed by atoms with Gasteiger partial charge in [0.25, 0.3) is 5.91 Å². The Bertz CT molecular complexity index is 1030. The summed E-state index contributed by atoms with van der Waals surface area (Å²) < 4.78 is 11.5. The van der Waals surface area contributed by atoms with Crippen LogP contribution in [0.2, 0.25) is 6.32 Å². The highest BCUT2D eigenvalue weighted by atomic mass is 16.6. The maximum atomic E-state index is 13.5. The summed E-state index contributed by atoms with van der Waals surface area (Å²) in [5, 5.41) is 31.6. The Kier molecular flexibility index (Phi) is 11.0. The maximum absolute atomic E-state index is 13.5. The monoisotopic (exact) mass is 540 g/mol. The fraction of sp³-hybridized carbons (Fsp3) is 0.607. The van der Waals surface area contributed by atoms with E-state index in [1.165, 1.54) is 0 Å². The quantitative estimate of drug-likeness (QED) is 0.260. The van der Waals surface area contributed by atoms with E-state index in [1.54, 1.807) is 35.2 Å². The van der Waals surface area contributed by atoms with E-state index in [1.807, 2.05) is 33.8 Å². The second kappa shape index (κ2) is 13.9. The van der Waals surface area contributed by atoms with Gasteiger partial charge in [0.1, 0.15) is 17.7 Å². The Labute approximate surface area is 231 Å². The SMILES string of the molecule is C[C@@H]1CN(C(C)(C)C=C(C#N)C(=O)N2CCCC[C@@H](OC(=O)N[C@H](CB(O)O)c3ccccc3)C2)C[C@@H](C)O1. The number of ether oxygens (including phenoxy) is 2. The van der Waals surface area contributed by atoms with Gasteiger partial charge in [-0.25, -0.2) is 4.79 Å². The molecule has 2 aliphatic heterocycles. The summed E-state index contributed by atoms with van der Waals surface area (Å²) in [6, 6.07) is 10.5. The first-order chi connectivity index (χ1) is 18.5. The molecule has 2 heterocycles. The average Bonchev–Trinajstić information content (AvgIpc) is 3.11. The predicted molar refractivity (Wildman–Crippen MR) is 147 cm³/mol. The molecule has 2 aliphatic rings. The Hall–Kier alpha value is -2.91. The van der Waals surface area contributed by atoms with Gasteiger partial charge in [-0.2, -0.15) is 5.26 Å². The van der Waals surface area contributed by atoms with Gasteiger partial charge >= 0.3 is 13.2 Å². The molecule has 2 amide bonds. The fourth-order valence-electron chi connectivity index (χ4n) is 5.29. The van der Waals surface area contributed by atoms with Crippen LogP contribution in [-0.4, -0.2) is 89.0 Å². The summed E-state index contributed by atoms with van der Waals surface area (Å²) in [5.41, 5.74) is 0.256. The number of alkyl carbamates (subject to hydrolysis) is 1. The molecule has 0 aliphatic carbocycles. The molecule has 0 bridgehead atoms. The first-order valence-corrected chi connectivity index (χ1v) is 13.7. The summed E-state index contributed by atoms with van der Waals surface area (Å²) in [6.07, 6.45) is 2.57. The number of morpholine rings is 1. The van der Waals surface area contributed by atoms with Crippen LogP contribution in [0.5, 0.6) is 0 Å². The number of nitriles is 1. The minimum absolute atomic E-state index is 0.0550. The molecule has 2 fully saturated rings. The molecule has 212 valence electrons. The second-order valence-corrected chi connectivity index (χ2v) is 11.1. The molecule has 0 radical (unpaired) electrons. The largest absolute Gasteiger partial charge is 0.453 e. The number of amides is 2. The van der Waals surface area contributed by atoms with Crippen molar-refractivity contribution in [3.05, 3.63) is 47.5 Å². The first kappa shape index (κ1) is 30.6. The van der Waals surface area contributed by atoms with E-state index in [4.69, 9.17) is 9.47 Å². The normalized spacial score (nSPS) is 23.8. The van der Waals surface area contributed by atoms with Crippen LogP contribution in [-0.2, 0) is 14.3 Å². The average molecular weight is 540 g/mol. The summed E-state index contributed by atoms with van der Waals surface area (Å²) >= 11 is 0. The molecular formula is C28H41BN4O6. The summed E-state index contributed by atoms with van der Waals surface area (Å²) in [7, 11) is -1.61. The first-order valence-electron chi connectivity index (χ1n) is 13.7. The molecule has 1 aromatic rings. The van der Waals surface area contributed by atoms with Gasteiger partial charge < -0.3 is 29.7 Å². The lowest BCUT2D eigenvalue weighted by Gasteiger charge is -2.43. The smallest absolute Gasteiger partial charge is 0.444 e. The van der Waals surface area contributed by atoms with Crippen molar-refractivity contribution < 1.29 is 29.1 Å². The Morgan fingerprint density at radius 2 is 1.87 bits per heavy atom. The Balaban J connectivity index is 1.67. The van der Waals surface area contributed by atoms with Crippen molar-refractivity contribution in [2.45, 2.75) is 83.2 Å². The molecule has 10 nitrogen and oxygen atoms in total. The number of carbonyl (C=O) groups excluding carboxylic acids is 2. The third-order valence-electron chi connectivity index (χ3n) is 7.21. The standard InChI is InChI=1S/C28H41BN4O6/c1-20-17-33(18-21(2)38-20)28(3,4)14-23(16-30)26(34)32-13-9-8-12-24(19-32)39-27(35)31-25(15-29(36)37)22-10-6-5-7-11-22/h5-7,10-11,14,20-21,24-25,36-37H,8-9,12-13,15,17-19H2,1-4H3,(H,31,35)/t20-,21-,24-,25-/m1/s1. The highest BCUT2D eigenvalue weighted by molar-refractivity contribution is 6.41. The molecule has 39 heavy (non-hydrogen) atoms. The van der Waals surface area contributed by atoms with Crippen LogP contribution < -0.4 is 5.32 Å². The van der Waals surface area contributed by atoms with Crippen molar-refractivity contribution in [1.29, 1.82) is 5.26 Å². The number of nitrogens with one attached hydrogen (secondary N) is 1. The van der Waals surface area contributed by atoms with Gasteiger partial charge in [0.2, 0.25) is 0 Å². The van der Waals surface area contributed by atoms with Crippen molar-refractivity contribution in [3.8, 4) is 6.07 Å². The number of hydrogen-bond donors (Lipinski definition) is 3. The molecule has 1 aromatic carbocycles. The third kappa shape index (κ3) is 9.07. The van der Waals surface area contributed by atoms with Gasteiger partial charge in [-0.3, -0.25) is 9.69 Å². The van der Waals surface area contributed by atoms with Crippen molar-refractivity contribution in [2.24, 2.45) is 0 Å². The highest BCUT2D eigenvalue weighted by Crippen LogP contribution is 2.25. The van der Waals surface area contributed by atoms with Crippen molar-refractivity contribution in [2.75, 3.05) is 26.2 Å². The van der Waals surface area contributed by atoms with Crippen LogP contribution in [0.3, 0.4) is 0 Å². The molecule has 4 atom stereocenters. The van der Waals surface area contributed by atoms with Crippen molar-refractivity contribution in [3.63, 3.8) is 0 Å². The fourth-order valence-corrected chi connectivity index (χ4v) is 5.29.